The van der Waals surface area contributed by atoms with Crippen LogP contribution in [0.3, 0.4) is 0 Å². The van der Waals surface area contributed by atoms with Crippen LogP contribution in [0.15, 0.2) is 24.3 Å². The molecule has 6 heteroatoms. The van der Waals surface area contributed by atoms with Crippen LogP contribution < -0.4 is 10.7 Å². The molecule has 0 bridgehead atoms. The van der Waals surface area contributed by atoms with Gasteiger partial charge in [0.25, 0.3) is 0 Å². The van der Waals surface area contributed by atoms with Crippen molar-refractivity contribution in [1.82, 2.24) is 15.8 Å². The Labute approximate surface area is 110 Å². The second-order valence-corrected chi connectivity index (χ2v) is 4.46. The zero-order valence-electron chi connectivity index (χ0n) is 10.6. The van der Waals surface area contributed by atoms with Gasteiger partial charge in [-0.3, -0.25) is 20.3 Å². The van der Waals surface area contributed by atoms with Crippen LogP contribution >= 0.6 is 0 Å². The van der Waals surface area contributed by atoms with Crippen LogP contribution in [-0.4, -0.2) is 29.4 Å². The SMILES string of the molecule is Cc1cccc(CCC(=O)NN2CC(=O)NC2=O)c1. The summed E-state index contributed by atoms with van der Waals surface area (Å²) in [5.41, 5.74) is 4.61. The summed E-state index contributed by atoms with van der Waals surface area (Å²) in [5, 5.41) is 3.07. The maximum atomic E-state index is 11.7. The zero-order chi connectivity index (χ0) is 13.8. The highest BCUT2D eigenvalue weighted by Gasteiger charge is 2.27. The van der Waals surface area contributed by atoms with Gasteiger partial charge in [0.05, 0.1) is 0 Å². The van der Waals surface area contributed by atoms with E-state index in [2.05, 4.69) is 10.7 Å². The molecule has 1 aromatic carbocycles. The summed E-state index contributed by atoms with van der Waals surface area (Å²) in [7, 11) is 0. The molecule has 1 aliphatic heterocycles. The number of hydrogen-bond donors (Lipinski definition) is 2. The smallest absolute Gasteiger partial charge is 0.275 e. The number of nitrogens with zero attached hydrogens (tertiary/aromatic N) is 1. The molecule has 0 unspecified atom stereocenters. The Balaban J connectivity index is 1.82. The minimum Gasteiger partial charge on any atom is -0.275 e. The van der Waals surface area contributed by atoms with E-state index in [9.17, 15) is 14.4 Å². The number of rotatable bonds is 4. The lowest BCUT2D eigenvalue weighted by Crippen LogP contribution is -2.44. The number of hydrazine groups is 1. The molecular weight excluding hydrogens is 246 g/mol. The predicted molar refractivity (Wildman–Crippen MR) is 67.9 cm³/mol. The van der Waals surface area contributed by atoms with Gasteiger partial charge in [0.1, 0.15) is 6.54 Å². The molecule has 1 heterocycles. The quantitative estimate of drug-likeness (QED) is 0.775. The first-order valence-corrected chi connectivity index (χ1v) is 6.01. The minimum atomic E-state index is -0.589. The van der Waals surface area contributed by atoms with E-state index >= 15 is 0 Å². The molecule has 1 aromatic rings. The molecule has 6 nitrogen and oxygen atoms in total. The number of urea groups is 1. The van der Waals surface area contributed by atoms with Gasteiger partial charge in [-0.1, -0.05) is 29.8 Å². The molecule has 0 aromatic heterocycles. The van der Waals surface area contributed by atoms with Gasteiger partial charge < -0.3 is 0 Å². The molecular formula is C13H15N3O3. The van der Waals surface area contributed by atoms with Gasteiger partial charge in [0.2, 0.25) is 11.8 Å². The fourth-order valence-corrected chi connectivity index (χ4v) is 1.86. The maximum Gasteiger partial charge on any atom is 0.343 e. The van der Waals surface area contributed by atoms with Crippen LogP contribution in [0.4, 0.5) is 4.79 Å². The van der Waals surface area contributed by atoms with Gasteiger partial charge in [-0.05, 0) is 18.9 Å². The van der Waals surface area contributed by atoms with Crippen LogP contribution in [0.25, 0.3) is 0 Å². The monoisotopic (exact) mass is 261 g/mol. The molecule has 1 aliphatic rings. The number of imide groups is 1. The van der Waals surface area contributed by atoms with Crippen molar-refractivity contribution < 1.29 is 14.4 Å². The highest BCUT2D eigenvalue weighted by atomic mass is 16.2. The Morgan fingerprint density at radius 2 is 2.21 bits per heavy atom. The lowest BCUT2D eigenvalue weighted by atomic mass is 10.1. The van der Waals surface area contributed by atoms with Crippen LogP contribution in [0.1, 0.15) is 17.5 Å². The number of benzene rings is 1. The summed E-state index contributed by atoms with van der Waals surface area (Å²) < 4.78 is 0. The normalized spacial score (nSPS) is 14.5. The molecule has 0 atom stereocenters. The number of amides is 4. The Morgan fingerprint density at radius 3 is 2.84 bits per heavy atom. The average molecular weight is 261 g/mol. The topological polar surface area (TPSA) is 78.5 Å². The highest BCUT2D eigenvalue weighted by molar-refractivity contribution is 6.02. The molecule has 0 radical (unpaired) electrons. The van der Waals surface area contributed by atoms with Gasteiger partial charge in [0, 0.05) is 6.42 Å². The summed E-state index contributed by atoms with van der Waals surface area (Å²) >= 11 is 0. The van der Waals surface area contributed by atoms with Crippen molar-refractivity contribution in [2.75, 3.05) is 6.54 Å². The zero-order valence-corrected chi connectivity index (χ0v) is 10.6. The van der Waals surface area contributed by atoms with Gasteiger partial charge in [-0.15, -0.1) is 0 Å². The van der Waals surface area contributed by atoms with Crippen molar-refractivity contribution in [2.45, 2.75) is 19.8 Å². The van der Waals surface area contributed by atoms with E-state index in [1.165, 1.54) is 0 Å². The van der Waals surface area contributed by atoms with E-state index in [1.54, 1.807) is 0 Å². The average Bonchev–Trinajstić information content (AvgIpc) is 2.65. The van der Waals surface area contributed by atoms with Crippen LogP contribution in [0.2, 0.25) is 0 Å². The summed E-state index contributed by atoms with van der Waals surface area (Å²) in [4.78, 5) is 33.8. The predicted octanol–water partition coefficient (Wildman–Crippen LogP) is 0.511. The Bertz CT molecular complexity index is 528. The van der Waals surface area contributed by atoms with E-state index < -0.39 is 11.9 Å². The third kappa shape index (κ3) is 3.54. The van der Waals surface area contributed by atoms with Crippen molar-refractivity contribution in [1.29, 1.82) is 0 Å². The van der Waals surface area contributed by atoms with Crippen molar-refractivity contribution in [3.8, 4) is 0 Å². The van der Waals surface area contributed by atoms with E-state index in [0.717, 1.165) is 16.1 Å². The molecule has 2 N–H and O–H groups in total. The summed E-state index contributed by atoms with van der Waals surface area (Å²) in [5.74, 6) is -0.699. The molecule has 0 saturated carbocycles. The fourth-order valence-electron chi connectivity index (χ4n) is 1.86. The molecule has 19 heavy (non-hydrogen) atoms. The van der Waals surface area contributed by atoms with Gasteiger partial charge in [0.15, 0.2) is 0 Å². The number of nitrogens with one attached hydrogen (secondary N) is 2. The van der Waals surface area contributed by atoms with E-state index in [0.29, 0.717) is 6.42 Å². The van der Waals surface area contributed by atoms with Gasteiger partial charge in [-0.2, -0.15) is 0 Å². The van der Waals surface area contributed by atoms with Gasteiger partial charge in [-0.25, -0.2) is 9.80 Å². The molecule has 2 rings (SSSR count). The first-order chi connectivity index (χ1) is 9.04. The summed E-state index contributed by atoms with van der Waals surface area (Å²) in [6.07, 6.45) is 0.859. The first-order valence-electron chi connectivity index (χ1n) is 6.01. The Hall–Kier alpha value is -2.37. The largest absolute Gasteiger partial charge is 0.343 e. The maximum absolute atomic E-state index is 11.7. The lowest BCUT2D eigenvalue weighted by Gasteiger charge is -2.14. The highest BCUT2D eigenvalue weighted by Crippen LogP contribution is 2.06. The fraction of sp³-hybridized carbons (Fsp3) is 0.308. The second kappa shape index (κ2) is 5.51. The molecule has 1 fully saturated rings. The number of carbonyl (C=O) groups is 3. The van der Waals surface area contributed by atoms with Crippen LogP contribution in [0, 0.1) is 6.92 Å². The number of aryl methyl sites for hydroxylation is 2. The third-order valence-electron chi connectivity index (χ3n) is 2.78. The molecule has 100 valence electrons. The Morgan fingerprint density at radius 1 is 1.42 bits per heavy atom. The van der Waals surface area contributed by atoms with E-state index in [4.69, 9.17) is 0 Å². The molecule has 1 saturated heterocycles. The van der Waals surface area contributed by atoms with Crippen LogP contribution in [0.5, 0.6) is 0 Å². The Kier molecular flexibility index (Phi) is 3.79. The minimum absolute atomic E-state index is 0.130. The van der Waals surface area contributed by atoms with Gasteiger partial charge >= 0.3 is 6.03 Å². The molecule has 0 spiro atoms. The van der Waals surface area contributed by atoms with Crippen molar-refractivity contribution in [2.24, 2.45) is 0 Å². The molecule has 0 aliphatic carbocycles. The van der Waals surface area contributed by atoms with Crippen molar-refractivity contribution in [3.05, 3.63) is 35.4 Å². The number of carbonyl (C=O) groups excluding carboxylic acids is 3. The first kappa shape index (κ1) is 13.1. The van der Waals surface area contributed by atoms with E-state index in [-0.39, 0.29) is 18.9 Å². The third-order valence-corrected chi connectivity index (χ3v) is 2.78. The summed E-state index contributed by atoms with van der Waals surface area (Å²) in [6.45, 7) is 1.86. The lowest BCUT2D eigenvalue weighted by molar-refractivity contribution is -0.125. The van der Waals surface area contributed by atoms with Crippen molar-refractivity contribution >= 4 is 17.8 Å². The standard InChI is InChI=1S/C13H15N3O3/c1-9-3-2-4-10(7-9)5-6-11(17)15-16-8-12(18)14-13(16)19/h2-4,7H,5-6,8H2,1H3,(H,15,17)(H,14,18,19). The second-order valence-electron chi connectivity index (χ2n) is 4.46. The van der Waals surface area contributed by atoms with Crippen molar-refractivity contribution in [3.63, 3.8) is 0 Å². The van der Waals surface area contributed by atoms with E-state index in [1.807, 2.05) is 31.2 Å². The summed E-state index contributed by atoms with van der Waals surface area (Å²) in [6, 6.07) is 7.30. The number of hydrogen-bond acceptors (Lipinski definition) is 3. The molecule has 4 amide bonds. The van der Waals surface area contributed by atoms with Crippen LogP contribution in [-0.2, 0) is 16.0 Å².